The molecule has 0 saturated heterocycles. The van der Waals surface area contributed by atoms with E-state index < -0.39 is 0 Å². The van der Waals surface area contributed by atoms with Gasteiger partial charge in [-0.15, -0.1) is 0 Å². The summed E-state index contributed by atoms with van der Waals surface area (Å²) < 4.78 is 11.4. The minimum Gasteiger partial charge on any atom is -0.490 e. The highest BCUT2D eigenvalue weighted by Crippen LogP contribution is 2.28. The Labute approximate surface area is 198 Å². The molecule has 4 aromatic rings. The van der Waals surface area contributed by atoms with E-state index in [1.807, 2.05) is 49.4 Å². The molecule has 0 fully saturated rings. The molecule has 174 valence electrons. The second-order valence-corrected chi connectivity index (χ2v) is 7.76. The van der Waals surface area contributed by atoms with Gasteiger partial charge in [-0.25, -0.2) is 10.4 Å². The van der Waals surface area contributed by atoms with Crippen molar-refractivity contribution in [2.45, 2.75) is 26.7 Å². The average molecular weight is 457 g/mol. The number of benzene rings is 3. The maximum absolute atomic E-state index is 12.6. The molecule has 0 saturated carbocycles. The highest BCUT2D eigenvalue weighted by Gasteiger charge is 2.10. The summed E-state index contributed by atoms with van der Waals surface area (Å²) in [6.07, 6.45) is 3.20. The number of imidazole rings is 1. The van der Waals surface area contributed by atoms with Crippen molar-refractivity contribution in [1.82, 2.24) is 15.4 Å². The first-order valence-electron chi connectivity index (χ1n) is 11.4. The molecule has 0 radical (unpaired) electrons. The van der Waals surface area contributed by atoms with E-state index in [1.54, 1.807) is 18.3 Å². The average Bonchev–Trinajstić information content (AvgIpc) is 3.25. The van der Waals surface area contributed by atoms with Crippen LogP contribution >= 0.6 is 0 Å². The molecular weight excluding hydrogens is 428 g/mol. The zero-order chi connectivity index (χ0) is 23.8. The molecule has 2 N–H and O–H groups in total. The van der Waals surface area contributed by atoms with Crippen molar-refractivity contribution >= 4 is 23.2 Å². The summed E-state index contributed by atoms with van der Waals surface area (Å²) in [5, 5.41) is 4.11. The molecule has 0 aliphatic carbocycles. The second-order valence-electron chi connectivity index (χ2n) is 7.76. The van der Waals surface area contributed by atoms with Gasteiger partial charge < -0.3 is 14.5 Å². The Morgan fingerprint density at radius 1 is 1.03 bits per heavy atom. The molecule has 1 heterocycles. The second kappa shape index (κ2) is 11.1. The van der Waals surface area contributed by atoms with E-state index in [9.17, 15) is 4.79 Å². The van der Waals surface area contributed by atoms with Crippen molar-refractivity contribution in [1.29, 1.82) is 0 Å². The number of carbonyl (C=O) groups is 1. The van der Waals surface area contributed by atoms with Gasteiger partial charge in [0.2, 0.25) is 0 Å². The molecule has 34 heavy (non-hydrogen) atoms. The van der Waals surface area contributed by atoms with Gasteiger partial charge in [0.25, 0.3) is 5.91 Å². The highest BCUT2D eigenvalue weighted by molar-refractivity contribution is 5.97. The number of ether oxygens (including phenoxy) is 2. The summed E-state index contributed by atoms with van der Waals surface area (Å²) in [6, 6.07) is 21.1. The maximum Gasteiger partial charge on any atom is 0.271 e. The molecule has 1 amide bonds. The maximum atomic E-state index is 12.6. The first-order valence-corrected chi connectivity index (χ1v) is 11.4. The van der Waals surface area contributed by atoms with Crippen LogP contribution in [0.2, 0.25) is 0 Å². The minimum absolute atomic E-state index is 0.301. The Balaban J connectivity index is 1.42. The lowest BCUT2D eigenvalue weighted by Crippen LogP contribution is -2.17. The predicted octanol–water partition coefficient (Wildman–Crippen LogP) is 5.11. The molecule has 0 spiro atoms. The van der Waals surface area contributed by atoms with Crippen LogP contribution in [0.5, 0.6) is 11.5 Å². The van der Waals surface area contributed by atoms with Gasteiger partial charge in [-0.1, -0.05) is 37.3 Å². The topological polar surface area (TPSA) is 88.6 Å². The largest absolute Gasteiger partial charge is 0.490 e. The van der Waals surface area contributed by atoms with E-state index >= 15 is 0 Å². The Morgan fingerprint density at radius 3 is 2.68 bits per heavy atom. The summed E-state index contributed by atoms with van der Waals surface area (Å²) in [4.78, 5) is 20.5. The van der Waals surface area contributed by atoms with Crippen LogP contribution < -0.4 is 14.9 Å². The molecule has 0 aliphatic rings. The van der Waals surface area contributed by atoms with Gasteiger partial charge in [0, 0.05) is 12.0 Å². The minimum atomic E-state index is -0.301. The number of aromatic amines is 1. The Kier molecular flexibility index (Phi) is 7.55. The Hall–Kier alpha value is -4.13. The Morgan fingerprint density at radius 2 is 1.88 bits per heavy atom. The fraction of sp³-hybridized carbons (Fsp3) is 0.222. The summed E-state index contributed by atoms with van der Waals surface area (Å²) in [7, 11) is 0. The molecule has 4 rings (SSSR count). The van der Waals surface area contributed by atoms with Crippen LogP contribution in [-0.4, -0.2) is 35.3 Å². The van der Waals surface area contributed by atoms with Gasteiger partial charge in [-0.05, 0) is 60.9 Å². The molecule has 0 bridgehead atoms. The van der Waals surface area contributed by atoms with Crippen molar-refractivity contribution in [3.05, 3.63) is 89.2 Å². The van der Waals surface area contributed by atoms with Gasteiger partial charge in [0.15, 0.2) is 11.5 Å². The van der Waals surface area contributed by atoms with E-state index in [0.29, 0.717) is 36.7 Å². The van der Waals surface area contributed by atoms with E-state index in [-0.39, 0.29) is 5.91 Å². The van der Waals surface area contributed by atoms with Crippen molar-refractivity contribution in [3.63, 3.8) is 0 Å². The molecule has 7 heteroatoms. The lowest BCUT2D eigenvalue weighted by molar-refractivity contribution is 0.0955. The molecule has 0 aliphatic heterocycles. The number of carbonyl (C=O) groups excluding carboxylic acids is 1. The predicted molar refractivity (Wildman–Crippen MR) is 134 cm³/mol. The molecule has 7 nitrogen and oxygen atoms in total. The van der Waals surface area contributed by atoms with E-state index in [2.05, 4.69) is 39.6 Å². The lowest BCUT2D eigenvalue weighted by Gasteiger charge is -2.11. The van der Waals surface area contributed by atoms with E-state index in [4.69, 9.17) is 9.47 Å². The molecule has 3 aromatic carbocycles. The smallest absolute Gasteiger partial charge is 0.271 e. The third-order valence-electron chi connectivity index (χ3n) is 5.12. The molecule has 0 atom stereocenters. The summed E-state index contributed by atoms with van der Waals surface area (Å²) >= 11 is 0. The van der Waals surface area contributed by atoms with Gasteiger partial charge in [0.05, 0.1) is 30.5 Å². The lowest BCUT2D eigenvalue weighted by atomic mass is 10.1. The van der Waals surface area contributed by atoms with Crippen LogP contribution in [0.25, 0.3) is 11.0 Å². The molecule has 1 aromatic heterocycles. The standard InChI is InChI=1S/C27H28N4O3/c1-3-14-34-24-13-10-20(15-25(24)33-4-2)18-28-31-27(32)21-11-12-22-23(17-21)30-26(29-22)16-19-8-6-5-7-9-19/h5-13,15,17-18H,3-4,14,16H2,1-2H3,(H,29,30)(H,31,32)/b28-18-. The number of amides is 1. The number of nitrogens with zero attached hydrogens (tertiary/aromatic N) is 2. The van der Waals surface area contributed by atoms with Gasteiger partial charge in [-0.3, -0.25) is 4.79 Å². The molecule has 0 unspecified atom stereocenters. The van der Waals surface area contributed by atoms with Crippen molar-refractivity contribution < 1.29 is 14.3 Å². The van der Waals surface area contributed by atoms with Crippen LogP contribution in [0.15, 0.2) is 71.8 Å². The van der Waals surface area contributed by atoms with Crippen molar-refractivity contribution in [3.8, 4) is 11.5 Å². The van der Waals surface area contributed by atoms with Gasteiger partial charge in [-0.2, -0.15) is 5.10 Å². The summed E-state index contributed by atoms with van der Waals surface area (Å²) in [5.74, 6) is 1.91. The SMILES string of the molecule is CCCOc1ccc(/C=N\NC(=O)c2ccc3nc(Cc4ccccc4)[nH]c3c2)cc1OCC. The van der Waals surface area contributed by atoms with E-state index in [0.717, 1.165) is 28.8 Å². The number of H-pyrrole nitrogens is 1. The third-order valence-corrected chi connectivity index (χ3v) is 5.12. The Bertz CT molecular complexity index is 1280. The van der Waals surface area contributed by atoms with Crippen LogP contribution in [-0.2, 0) is 6.42 Å². The van der Waals surface area contributed by atoms with Crippen LogP contribution in [0.1, 0.15) is 47.6 Å². The zero-order valence-corrected chi connectivity index (χ0v) is 19.4. The number of hydrogen-bond acceptors (Lipinski definition) is 5. The van der Waals surface area contributed by atoms with Crippen LogP contribution in [0.4, 0.5) is 0 Å². The fourth-order valence-electron chi connectivity index (χ4n) is 3.51. The number of hydrogen-bond donors (Lipinski definition) is 2. The van der Waals surface area contributed by atoms with Gasteiger partial charge in [0.1, 0.15) is 5.82 Å². The number of aromatic nitrogens is 2. The summed E-state index contributed by atoms with van der Waals surface area (Å²) in [6.45, 7) is 5.13. The first kappa shape index (κ1) is 23.0. The normalized spacial score (nSPS) is 11.1. The van der Waals surface area contributed by atoms with E-state index in [1.165, 1.54) is 5.56 Å². The summed E-state index contributed by atoms with van der Waals surface area (Å²) in [5.41, 5.74) is 6.68. The van der Waals surface area contributed by atoms with Crippen molar-refractivity contribution in [2.75, 3.05) is 13.2 Å². The zero-order valence-electron chi connectivity index (χ0n) is 19.4. The monoisotopic (exact) mass is 456 g/mol. The number of rotatable bonds is 10. The van der Waals surface area contributed by atoms with Crippen molar-refractivity contribution in [2.24, 2.45) is 5.10 Å². The number of hydrazone groups is 1. The van der Waals surface area contributed by atoms with Crippen LogP contribution in [0, 0.1) is 0 Å². The highest BCUT2D eigenvalue weighted by atomic mass is 16.5. The van der Waals surface area contributed by atoms with Crippen LogP contribution in [0.3, 0.4) is 0 Å². The third kappa shape index (κ3) is 5.81. The first-order chi connectivity index (χ1) is 16.7. The van der Waals surface area contributed by atoms with Gasteiger partial charge >= 0.3 is 0 Å². The number of nitrogens with one attached hydrogen (secondary N) is 2. The molecular formula is C27H28N4O3. The number of fused-ring (bicyclic) bond motifs is 1. The fourth-order valence-corrected chi connectivity index (χ4v) is 3.51. The quantitative estimate of drug-likeness (QED) is 0.257.